The SMILES string of the molecule is O=c1c(S(=O)(=O)c2ccccc2)coc2cc(O)cc(O)c12. The molecular weight excluding hydrogens is 308 g/mol. The molecule has 0 saturated carbocycles. The van der Waals surface area contributed by atoms with Crippen LogP contribution in [-0.2, 0) is 9.84 Å². The van der Waals surface area contributed by atoms with Crippen LogP contribution in [0.1, 0.15) is 0 Å². The summed E-state index contributed by atoms with van der Waals surface area (Å²) in [6, 6.07) is 9.49. The van der Waals surface area contributed by atoms with Gasteiger partial charge in [-0.1, -0.05) is 18.2 Å². The number of fused-ring (bicyclic) bond motifs is 1. The van der Waals surface area contributed by atoms with Crippen molar-refractivity contribution in [3.05, 3.63) is 59.0 Å². The molecule has 3 aromatic rings. The van der Waals surface area contributed by atoms with E-state index >= 15 is 0 Å². The molecule has 112 valence electrons. The zero-order valence-corrected chi connectivity index (χ0v) is 11.9. The normalized spacial score (nSPS) is 11.6. The Hall–Kier alpha value is -2.80. The van der Waals surface area contributed by atoms with E-state index in [9.17, 15) is 23.4 Å². The van der Waals surface area contributed by atoms with E-state index in [1.54, 1.807) is 6.07 Å². The fourth-order valence-electron chi connectivity index (χ4n) is 2.11. The largest absolute Gasteiger partial charge is 0.508 e. The Bertz CT molecular complexity index is 1020. The highest BCUT2D eigenvalue weighted by atomic mass is 32.2. The molecular formula is C15H10O6S. The Morgan fingerprint density at radius 2 is 1.68 bits per heavy atom. The average Bonchev–Trinajstić information content (AvgIpc) is 2.47. The lowest BCUT2D eigenvalue weighted by Gasteiger charge is -2.06. The molecule has 0 saturated heterocycles. The molecule has 0 spiro atoms. The minimum atomic E-state index is -4.07. The van der Waals surface area contributed by atoms with Gasteiger partial charge in [0.05, 0.1) is 4.90 Å². The zero-order chi connectivity index (χ0) is 15.9. The third-order valence-electron chi connectivity index (χ3n) is 3.15. The molecule has 2 aromatic carbocycles. The second-order valence-corrected chi connectivity index (χ2v) is 6.50. The van der Waals surface area contributed by atoms with Crippen molar-refractivity contribution in [3.8, 4) is 11.5 Å². The van der Waals surface area contributed by atoms with Gasteiger partial charge < -0.3 is 14.6 Å². The lowest BCUT2D eigenvalue weighted by molar-refractivity contribution is 0.451. The summed E-state index contributed by atoms with van der Waals surface area (Å²) in [5, 5.41) is 18.9. The minimum Gasteiger partial charge on any atom is -0.508 e. The van der Waals surface area contributed by atoms with Crippen molar-refractivity contribution in [3.63, 3.8) is 0 Å². The van der Waals surface area contributed by atoms with Gasteiger partial charge in [0.15, 0.2) is 4.90 Å². The van der Waals surface area contributed by atoms with Gasteiger partial charge in [-0.2, -0.15) is 0 Å². The Balaban J connectivity index is 2.35. The molecule has 0 radical (unpaired) electrons. The first kappa shape index (κ1) is 14.2. The fourth-order valence-corrected chi connectivity index (χ4v) is 3.40. The molecule has 6 nitrogen and oxygen atoms in total. The molecule has 0 aliphatic rings. The zero-order valence-electron chi connectivity index (χ0n) is 11.1. The van der Waals surface area contributed by atoms with Crippen LogP contribution in [0, 0.1) is 0 Å². The summed E-state index contributed by atoms with van der Waals surface area (Å²) >= 11 is 0. The molecule has 2 N–H and O–H groups in total. The van der Waals surface area contributed by atoms with Gasteiger partial charge in [-0.05, 0) is 12.1 Å². The van der Waals surface area contributed by atoms with E-state index in [1.165, 1.54) is 24.3 Å². The quantitative estimate of drug-likeness (QED) is 0.749. The van der Waals surface area contributed by atoms with Crippen LogP contribution in [0.4, 0.5) is 0 Å². The standard InChI is InChI=1S/C15H10O6S/c16-9-6-11(17)14-12(7-9)21-8-13(15(14)18)22(19,20)10-4-2-1-3-5-10/h1-8,16-17H. The van der Waals surface area contributed by atoms with E-state index in [4.69, 9.17) is 4.42 Å². The molecule has 1 aromatic heterocycles. The highest BCUT2D eigenvalue weighted by Crippen LogP contribution is 2.29. The number of benzene rings is 2. The van der Waals surface area contributed by atoms with Crippen molar-refractivity contribution in [1.29, 1.82) is 0 Å². The van der Waals surface area contributed by atoms with Crippen molar-refractivity contribution in [2.24, 2.45) is 0 Å². The Kier molecular flexibility index (Phi) is 3.14. The summed E-state index contributed by atoms with van der Waals surface area (Å²) in [7, 11) is -4.07. The molecule has 1 heterocycles. The van der Waals surface area contributed by atoms with Gasteiger partial charge in [0.25, 0.3) is 0 Å². The third kappa shape index (κ3) is 2.11. The highest BCUT2D eigenvalue weighted by Gasteiger charge is 2.24. The third-order valence-corrected chi connectivity index (χ3v) is 4.91. The van der Waals surface area contributed by atoms with Crippen molar-refractivity contribution in [2.75, 3.05) is 0 Å². The molecule has 0 bridgehead atoms. The summed E-state index contributed by atoms with van der Waals surface area (Å²) in [6.45, 7) is 0. The van der Waals surface area contributed by atoms with Gasteiger partial charge in [0, 0.05) is 12.1 Å². The number of hydrogen-bond acceptors (Lipinski definition) is 6. The van der Waals surface area contributed by atoms with Gasteiger partial charge in [-0.25, -0.2) is 8.42 Å². The van der Waals surface area contributed by atoms with Crippen LogP contribution < -0.4 is 5.43 Å². The molecule has 0 aliphatic heterocycles. The average molecular weight is 318 g/mol. The van der Waals surface area contributed by atoms with E-state index in [1.807, 2.05) is 0 Å². The summed E-state index contributed by atoms with van der Waals surface area (Å²) in [4.78, 5) is 11.8. The first-order valence-corrected chi connectivity index (χ1v) is 7.67. The molecule has 0 amide bonds. The summed E-state index contributed by atoms with van der Waals surface area (Å²) in [6.07, 6.45) is 0.811. The van der Waals surface area contributed by atoms with Crippen molar-refractivity contribution >= 4 is 20.8 Å². The Morgan fingerprint density at radius 3 is 2.36 bits per heavy atom. The maximum Gasteiger partial charge on any atom is 0.215 e. The van der Waals surface area contributed by atoms with Crippen LogP contribution in [0.2, 0.25) is 0 Å². The first-order valence-electron chi connectivity index (χ1n) is 6.19. The number of rotatable bonds is 2. The topological polar surface area (TPSA) is 105 Å². The van der Waals surface area contributed by atoms with E-state index in [-0.39, 0.29) is 21.6 Å². The van der Waals surface area contributed by atoms with E-state index in [0.29, 0.717) is 0 Å². The molecule has 0 atom stereocenters. The molecule has 22 heavy (non-hydrogen) atoms. The number of sulfone groups is 1. The van der Waals surface area contributed by atoms with E-state index in [0.717, 1.165) is 18.4 Å². The van der Waals surface area contributed by atoms with Crippen molar-refractivity contribution < 1.29 is 23.0 Å². The molecule has 7 heteroatoms. The van der Waals surface area contributed by atoms with Crippen LogP contribution in [-0.4, -0.2) is 18.6 Å². The van der Waals surface area contributed by atoms with E-state index < -0.39 is 25.9 Å². The van der Waals surface area contributed by atoms with Crippen LogP contribution in [0.25, 0.3) is 11.0 Å². The Labute approximate surface area is 124 Å². The van der Waals surface area contributed by atoms with Crippen LogP contribution in [0.15, 0.2) is 67.7 Å². The van der Waals surface area contributed by atoms with Crippen molar-refractivity contribution in [2.45, 2.75) is 9.79 Å². The summed E-state index contributed by atoms with van der Waals surface area (Å²) in [5.41, 5.74) is -0.989. The molecule has 0 unspecified atom stereocenters. The van der Waals surface area contributed by atoms with Gasteiger partial charge in [0.1, 0.15) is 28.7 Å². The lowest BCUT2D eigenvalue weighted by Crippen LogP contribution is -2.15. The first-order chi connectivity index (χ1) is 10.4. The monoisotopic (exact) mass is 318 g/mol. The minimum absolute atomic E-state index is 0.0556. The number of aromatic hydroxyl groups is 2. The predicted molar refractivity (Wildman–Crippen MR) is 77.7 cm³/mol. The van der Waals surface area contributed by atoms with Gasteiger partial charge in [0.2, 0.25) is 15.3 Å². The smallest absolute Gasteiger partial charge is 0.215 e. The van der Waals surface area contributed by atoms with E-state index in [2.05, 4.69) is 0 Å². The Morgan fingerprint density at radius 1 is 1.00 bits per heavy atom. The molecule has 0 aliphatic carbocycles. The number of hydrogen-bond donors (Lipinski definition) is 2. The van der Waals surface area contributed by atoms with Gasteiger partial charge in [-0.15, -0.1) is 0 Å². The highest BCUT2D eigenvalue weighted by molar-refractivity contribution is 7.91. The van der Waals surface area contributed by atoms with Crippen LogP contribution in [0.5, 0.6) is 11.5 Å². The van der Waals surface area contributed by atoms with Crippen LogP contribution >= 0.6 is 0 Å². The number of phenolic OH excluding ortho intramolecular Hbond substituents is 2. The second-order valence-electron chi connectivity index (χ2n) is 4.58. The lowest BCUT2D eigenvalue weighted by atomic mass is 10.2. The maximum atomic E-state index is 12.5. The summed E-state index contributed by atoms with van der Waals surface area (Å²) < 4.78 is 30.1. The van der Waals surface area contributed by atoms with Crippen LogP contribution in [0.3, 0.4) is 0 Å². The fraction of sp³-hybridized carbons (Fsp3) is 0. The van der Waals surface area contributed by atoms with Gasteiger partial charge in [-0.3, -0.25) is 4.79 Å². The predicted octanol–water partition coefficient (Wildman–Crippen LogP) is 2.04. The molecule has 0 fully saturated rings. The maximum absolute atomic E-state index is 12.5. The van der Waals surface area contributed by atoms with Gasteiger partial charge >= 0.3 is 0 Å². The second kappa shape index (κ2) is 4.88. The number of phenols is 2. The molecule has 3 rings (SSSR count). The summed E-state index contributed by atoms with van der Waals surface area (Å²) in [5.74, 6) is -0.847. The van der Waals surface area contributed by atoms with Crippen molar-refractivity contribution in [1.82, 2.24) is 0 Å².